The van der Waals surface area contributed by atoms with Crippen molar-refractivity contribution in [3.8, 4) is 11.8 Å². The molecule has 36 heavy (non-hydrogen) atoms. The maximum atomic E-state index is 15.1. The maximum absolute atomic E-state index is 15.1. The zero-order valence-corrected chi connectivity index (χ0v) is 22.0. The topological polar surface area (TPSA) is 71.8 Å². The SMILES string of the molecule is CN1CCN(c2cc(F)c(C(O)NC3C(C)(C)C(Oc4ccc(C#N)c(Cl)c4)C3(C)C)c(F)c2)CC1. The molecule has 6 nitrogen and oxygen atoms in total. The van der Waals surface area contributed by atoms with Gasteiger partial charge in [0.25, 0.3) is 0 Å². The molecule has 2 aliphatic rings. The smallest absolute Gasteiger partial charge is 0.137 e. The Bertz CT molecular complexity index is 1140. The van der Waals surface area contributed by atoms with Gasteiger partial charge in [-0.3, -0.25) is 5.32 Å². The average molecular weight is 519 g/mol. The first-order valence-corrected chi connectivity index (χ1v) is 12.5. The van der Waals surface area contributed by atoms with Gasteiger partial charge in [-0.1, -0.05) is 39.3 Å². The zero-order chi connectivity index (χ0) is 26.4. The third kappa shape index (κ3) is 4.78. The van der Waals surface area contributed by atoms with Crippen molar-refractivity contribution >= 4 is 17.3 Å². The van der Waals surface area contributed by atoms with Crippen LogP contribution in [-0.4, -0.2) is 55.4 Å². The van der Waals surface area contributed by atoms with Gasteiger partial charge in [-0.05, 0) is 31.3 Å². The molecule has 2 aromatic rings. The van der Waals surface area contributed by atoms with Gasteiger partial charge in [0, 0.05) is 54.8 Å². The number of anilines is 1. The van der Waals surface area contributed by atoms with E-state index in [-0.39, 0.29) is 17.7 Å². The number of hydrogen-bond acceptors (Lipinski definition) is 6. The first-order chi connectivity index (χ1) is 16.9. The summed E-state index contributed by atoms with van der Waals surface area (Å²) in [6.45, 7) is 10.9. The highest BCUT2D eigenvalue weighted by Crippen LogP contribution is 2.56. The second-order valence-corrected chi connectivity index (χ2v) is 11.4. The van der Waals surface area contributed by atoms with Crippen molar-refractivity contribution in [3.63, 3.8) is 0 Å². The van der Waals surface area contributed by atoms with Crippen molar-refractivity contribution < 1.29 is 18.6 Å². The molecule has 0 radical (unpaired) electrons. The van der Waals surface area contributed by atoms with E-state index >= 15 is 8.78 Å². The molecule has 4 rings (SSSR count). The summed E-state index contributed by atoms with van der Waals surface area (Å²) in [5, 5.41) is 23.3. The monoisotopic (exact) mass is 518 g/mol. The standard InChI is InChI=1S/C27H33ClF2N4O2/c1-26(2)24(27(3,4)25(26)36-18-7-6-16(15-31)19(28)14-18)32-23(35)22-20(29)12-17(13-21(22)30)34-10-8-33(5)9-11-34/h6-7,12-14,23-25,32,35H,8-11H2,1-5H3. The van der Waals surface area contributed by atoms with Crippen LogP contribution in [0.5, 0.6) is 5.75 Å². The predicted octanol–water partition coefficient (Wildman–Crippen LogP) is 4.70. The summed E-state index contributed by atoms with van der Waals surface area (Å²) in [6.07, 6.45) is -1.81. The van der Waals surface area contributed by atoms with E-state index in [0.29, 0.717) is 35.1 Å². The number of rotatable bonds is 6. The minimum Gasteiger partial charge on any atom is -0.489 e. The highest BCUT2D eigenvalue weighted by molar-refractivity contribution is 6.31. The first kappa shape index (κ1) is 26.6. The Balaban J connectivity index is 1.49. The van der Waals surface area contributed by atoms with E-state index in [1.165, 1.54) is 12.1 Å². The number of aliphatic hydroxyl groups is 1. The summed E-state index contributed by atoms with van der Waals surface area (Å²) in [4.78, 5) is 4.12. The first-order valence-electron chi connectivity index (χ1n) is 12.1. The predicted molar refractivity (Wildman–Crippen MR) is 136 cm³/mol. The fourth-order valence-corrected chi connectivity index (χ4v) is 6.19. The van der Waals surface area contributed by atoms with Gasteiger partial charge in [-0.2, -0.15) is 5.26 Å². The Morgan fingerprint density at radius 3 is 2.19 bits per heavy atom. The fourth-order valence-electron chi connectivity index (χ4n) is 5.97. The lowest BCUT2D eigenvalue weighted by molar-refractivity contribution is -0.180. The number of hydrogen-bond donors (Lipinski definition) is 2. The summed E-state index contributed by atoms with van der Waals surface area (Å²) in [5.74, 6) is -1.03. The van der Waals surface area contributed by atoms with Gasteiger partial charge >= 0.3 is 0 Å². The van der Waals surface area contributed by atoms with Crippen LogP contribution in [0.3, 0.4) is 0 Å². The molecule has 2 aromatic carbocycles. The fraction of sp³-hybridized carbons (Fsp3) is 0.519. The van der Waals surface area contributed by atoms with E-state index in [9.17, 15) is 5.11 Å². The summed E-state index contributed by atoms with van der Waals surface area (Å²) in [6, 6.07) is 9.21. The lowest BCUT2D eigenvalue weighted by atomic mass is 9.49. The van der Waals surface area contributed by atoms with Crippen LogP contribution >= 0.6 is 11.6 Å². The Kier molecular flexibility index (Phi) is 7.24. The number of piperazine rings is 1. The molecule has 0 amide bonds. The van der Waals surface area contributed by atoms with Crippen LogP contribution in [-0.2, 0) is 0 Å². The molecule has 1 unspecified atom stereocenters. The third-order valence-corrected chi connectivity index (χ3v) is 8.00. The van der Waals surface area contributed by atoms with Crippen molar-refractivity contribution in [2.75, 3.05) is 38.1 Å². The number of nitrogens with zero attached hydrogens (tertiary/aromatic N) is 3. The second-order valence-electron chi connectivity index (χ2n) is 11.0. The zero-order valence-electron chi connectivity index (χ0n) is 21.3. The molecular formula is C27H33ClF2N4O2. The molecule has 1 aliphatic carbocycles. The number of nitriles is 1. The Labute approximate surface area is 216 Å². The highest BCUT2D eigenvalue weighted by Gasteiger charge is 2.64. The normalized spacial score (nSPS) is 24.1. The van der Waals surface area contributed by atoms with Gasteiger partial charge in [-0.25, -0.2) is 8.78 Å². The quantitative estimate of drug-likeness (QED) is 0.540. The van der Waals surface area contributed by atoms with Crippen molar-refractivity contribution in [2.45, 2.75) is 46.1 Å². The lowest BCUT2D eigenvalue weighted by Gasteiger charge is -2.63. The van der Waals surface area contributed by atoms with E-state index in [1.807, 2.05) is 45.7 Å². The van der Waals surface area contributed by atoms with Gasteiger partial charge in [0.15, 0.2) is 0 Å². The van der Waals surface area contributed by atoms with Crippen LogP contribution in [0.2, 0.25) is 5.02 Å². The Hall–Kier alpha value is -2.44. The molecule has 1 heterocycles. The van der Waals surface area contributed by atoms with Gasteiger partial charge in [-0.15, -0.1) is 0 Å². The van der Waals surface area contributed by atoms with Gasteiger partial charge in [0.1, 0.15) is 35.8 Å². The lowest BCUT2D eigenvalue weighted by Crippen LogP contribution is -2.74. The van der Waals surface area contributed by atoms with Crippen LogP contribution in [0.25, 0.3) is 0 Å². The van der Waals surface area contributed by atoms with E-state index < -0.39 is 28.7 Å². The van der Waals surface area contributed by atoms with Crippen LogP contribution < -0.4 is 15.0 Å². The van der Waals surface area contributed by atoms with E-state index in [1.54, 1.807) is 18.2 Å². The van der Waals surface area contributed by atoms with Crippen LogP contribution in [0.1, 0.15) is 45.0 Å². The number of ether oxygens (including phenoxy) is 1. The van der Waals surface area contributed by atoms with Crippen molar-refractivity contribution in [2.24, 2.45) is 10.8 Å². The molecule has 1 aliphatic heterocycles. The number of likely N-dealkylation sites (N-methyl/N-ethyl adjacent to an activating group) is 1. The van der Waals surface area contributed by atoms with Crippen molar-refractivity contribution in [1.29, 1.82) is 5.26 Å². The molecule has 0 spiro atoms. The number of nitrogens with one attached hydrogen (secondary N) is 1. The maximum Gasteiger partial charge on any atom is 0.137 e. The second kappa shape index (κ2) is 9.79. The molecule has 1 atom stereocenters. The molecule has 1 saturated heterocycles. The van der Waals surface area contributed by atoms with Crippen molar-refractivity contribution in [3.05, 3.63) is 58.1 Å². The molecule has 2 fully saturated rings. The third-order valence-electron chi connectivity index (χ3n) is 7.68. The van der Waals surface area contributed by atoms with Gasteiger partial charge in [0.2, 0.25) is 0 Å². The molecule has 194 valence electrons. The minimum absolute atomic E-state index is 0.284. The van der Waals surface area contributed by atoms with Crippen LogP contribution in [0, 0.1) is 33.8 Å². The van der Waals surface area contributed by atoms with Gasteiger partial charge in [0.05, 0.1) is 16.1 Å². The molecule has 2 N–H and O–H groups in total. The number of benzene rings is 2. The summed E-state index contributed by atoms with van der Waals surface area (Å²) >= 11 is 6.15. The van der Waals surface area contributed by atoms with E-state index in [4.69, 9.17) is 21.6 Å². The van der Waals surface area contributed by atoms with E-state index in [2.05, 4.69) is 10.2 Å². The van der Waals surface area contributed by atoms with Crippen molar-refractivity contribution in [1.82, 2.24) is 10.2 Å². The largest absolute Gasteiger partial charge is 0.489 e. The molecular weight excluding hydrogens is 486 g/mol. The molecule has 9 heteroatoms. The van der Waals surface area contributed by atoms with Crippen LogP contribution in [0.15, 0.2) is 30.3 Å². The summed E-state index contributed by atoms with van der Waals surface area (Å²) in [7, 11) is 2.02. The molecule has 0 aromatic heterocycles. The Morgan fingerprint density at radius 2 is 1.67 bits per heavy atom. The molecule has 0 bridgehead atoms. The highest BCUT2D eigenvalue weighted by atomic mass is 35.5. The Morgan fingerprint density at radius 1 is 1.08 bits per heavy atom. The van der Waals surface area contributed by atoms with E-state index in [0.717, 1.165) is 13.1 Å². The van der Waals surface area contributed by atoms with Crippen LogP contribution in [0.4, 0.5) is 14.5 Å². The number of halogens is 3. The van der Waals surface area contributed by atoms with Gasteiger partial charge < -0.3 is 19.6 Å². The summed E-state index contributed by atoms with van der Waals surface area (Å²) < 4.78 is 36.4. The minimum atomic E-state index is -1.53. The summed E-state index contributed by atoms with van der Waals surface area (Å²) in [5.41, 5.74) is -0.521. The number of aliphatic hydroxyl groups excluding tert-OH is 1. The average Bonchev–Trinajstić information content (AvgIpc) is 2.80. The molecule has 1 saturated carbocycles.